The van der Waals surface area contributed by atoms with Gasteiger partial charge in [0.05, 0.1) is 5.69 Å². The Balaban J connectivity index is 2.20. The van der Waals surface area contributed by atoms with Gasteiger partial charge in [-0.1, -0.05) is 29.8 Å². The van der Waals surface area contributed by atoms with Crippen LogP contribution in [-0.2, 0) is 13.1 Å². The number of hydrogen-bond acceptors (Lipinski definition) is 3. The first-order valence-electron chi connectivity index (χ1n) is 7.22. The van der Waals surface area contributed by atoms with Crippen molar-refractivity contribution in [2.45, 2.75) is 33.9 Å². The largest absolute Gasteiger partial charge is 0.396 e. The molecule has 5 nitrogen and oxygen atoms in total. The van der Waals surface area contributed by atoms with Gasteiger partial charge in [-0.15, -0.1) is 0 Å². The molecule has 1 heterocycles. The molecule has 0 atom stereocenters. The highest BCUT2D eigenvalue weighted by Crippen LogP contribution is 2.15. The van der Waals surface area contributed by atoms with Crippen molar-refractivity contribution in [1.82, 2.24) is 14.7 Å². The minimum Gasteiger partial charge on any atom is -0.396 e. The van der Waals surface area contributed by atoms with Crippen LogP contribution in [0.3, 0.4) is 0 Å². The molecule has 0 unspecified atom stereocenters. The van der Waals surface area contributed by atoms with Crippen LogP contribution < -0.4 is 5.73 Å². The lowest BCUT2D eigenvalue weighted by Crippen LogP contribution is -2.31. The maximum atomic E-state index is 12.6. The third-order valence-electron chi connectivity index (χ3n) is 3.44. The van der Waals surface area contributed by atoms with Gasteiger partial charge in [-0.3, -0.25) is 9.48 Å². The summed E-state index contributed by atoms with van der Waals surface area (Å²) < 4.78 is 1.68. The molecule has 1 aromatic heterocycles. The molecular formula is C16H22N4O. The highest BCUT2D eigenvalue weighted by Gasteiger charge is 2.20. The normalized spacial score (nSPS) is 10.6. The van der Waals surface area contributed by atoms with E-state index >= 15 is 0 Å². The number of aryl methyl sites for hydroxylation is 2. The first kappa shape index (κ1) is 15.1. The quantitative estimate of drug-likeness (QED) is 0.918. The lowest BCUT2D eigenvalue weighted by atomic mass is 10.1. The molecule has 0 spiro atoms. The van der Waals surface area contributed by atoms with Gasteiger partial charge in [0.25, 0.3) is 5.91 Å². The number of nitrogens with two attached hydrogens (primary N) is 1. The topological polar surface area (TPSA) is 64.2 Å². The molecule has 0 aliphatic rings. The second-order valence-electron chi connectivity index (χ2n) is 5.10. The molecule has 0 aliphatic heterocycles. The van der Waals surface area contributed by atoms with Crippen LogP contribution in [0.4, 0.5) is 5.69 Å². The predicted molar refractivity (Wildman–Crippen MR) is 83.9 cm³/mol. The highest BCUT2D eigenvalue weighted by atomic mass is 16.2. The van der Waals surface area contributed by atoms with Crippen molar-refractivity contribution in [3.8, 4) is 0 Å². The van der Waals surface area contributed by atoms with Gasteiger partial charge in [0, 0.05) is 25.8 Å². The Kier molecular flexibility index (Phi) is 4.62. The Bertz CT molecular complexity index is 633. The molecule has 21 heavy (non-hydrogen) atoms. The summed E-state index contributed by atoms with van der Waals surface area (Å²) in [6.45, 7) is 7.84. The number of carbonyl (C=O) groups is 1. The van der Waals surface area contributed by atoms with Crippen molar-refractivity contribution in [3.05, 3.63) is 47.3 Å². The molecule has 0 saturated carbocycles. The summed E-state index contributed by atoms with van der Waals surface area (Å²) in [5.74, 6) is -0.122. The number of hydrogen-bond donors (Lipinski definition) is 1. The van der Waals surface area contributed by atoms with Gasteiger partial charge in [0.2, 0.25) is 0 Å². The minimum atomic E-state index is -0.122. The Hall–Kier alpha value is -2.30. The van der Waals surface area contributed by atoms with E-state index in [-0.39, 0.29) is 5.91 Å². The first-order chi connectivity index (χ1) is 10.0. The molecule has 2 N–H and O–H groups in total. The second-order valence-corrected chi connectivity index (χ2v) is 5.10. The van der Waals surface area contributed by atoms with Crippen molar-refractivity contribution in [1.29, 1.82) is 0 Å². The lowest BCUT2D eigenvalue weighted by molar-refractivity contribution is 0.0746. The van der Waals surface area contributed by atoms with E-state index in [1.165, 1.54) is 5.56 Å². The fourth-order valence-corrected chi connectivity index (χ4v) is 2.27. The number of aromatic nitrogens is 2. The van der Waals surface area contributed by atoms with Gasteiger partial charge in [-0.25, -0.2) is 0 Å². The molecule has 5 heteroatoms. The minimum absolute atomic E-state index is 0.122. The lowest BCUT2D eigenvalue weighted by Gasteiger charge is -2.20. The number of anilines is 1. The number of nitrogen functional groups attached to an aromatic ring is 1. The van der Waals surface area contributed by atoms with Gasteiger partial charge >= 0.3 is 0 Å². The summed E-state index contributed by atoms with van der Waals surface area (Å²) in [5.41, 5.74) is 8.97. The maximum Gasteiger partial charge on any atom is 0.276 e. The molecule has 0 radical (unpaired) electrons. The fourth-order valence-electron chi connectivity index (χ4n) is 2.27. The zero-order chi connectivity index (χ0) is 15.4. The van der Waals surface area contributed by atoms with Gasteiger partial charge in [-0.2, -0.15) is 5.10 Å². The average molecular weight is 286 g/mol. The Morgan fingerprint density at radius 2 is 2.14 bits per heavy atom. The SMILES string of the molecule is CCN(Cc1cccc(C)c1)C(=O)c1nn(CC)cc1N. The van der Waals surface area contributed by atoms with Crippen LogP contribution in [0.5, 0.6) is 0 Å². The predicted octanol–water partition coefficient (Wildman–Crippen LogP) is 2.46. The van der Waals surface area contributed by atoms with Crippen LogP contribution in [0, 0.1) is 6.92 Å². The summed E-state index contributed by atoms with van der Waals surface area (Å²) in [7, 11) is 0. The highest BCUT2D eigenvalue weighted by molar-refractivity contribution is 5.97. The second kappa shape index (κ2) is 6.43. The van der Waals surface area contributed by atoms with Gasteiger partial charge < -0.3 is 10.6 Å². The van der Waals surface area contributed by atoms with Crippen LogP contribution in [0.15, 0.2) is 30.5 Å². The van der Waals surface area contributed by atoms with E-state index in [2.05, 4.69) is 11.2 Å². The molecule has 1 aromatic carbocycles. The Morgan fingerprint density at radius 1 is 1.38 bits per heavy atom. The van der Waals surface area contributed by atoms with Crippen LogP contribution in [0.2, 0.25) is 0 Å². The van der Waals surface area contributed by atoms with E-state index in [0.717, 1.165) is 5.56 Å². The van der Waals surface area contributed by atoms with E-state index in [9.17, 15) is 4.79 Å². The molecule has 0 saturated heterocycles. The van der Waals surface area contributed by atoms with E-state index in [4.69, 9.17) is 5.73 Å². The van der Waals surface area contributed by atoms with Crippen molar-refractivity contribution in [2.75, 3.05) is 12.3 Å². The summed E-state index contributed by atoms with van der Waals surface area (Å²) in [6.07, 6.45) is 1.70. The van der Waals surface area contributed by atoms with Crippen molar-refractivity contribution in [2.24, 2.45) is 0 Å². The van der Waals surface area contributed by atoms with E-state index in [1.807, 2.05) is 39.0 Å². The summed E-state index contributed by atoms with van der Waals surface area (Å²) >= 11 is 0. The Labute approximate surface area is 125 Å². The zero-order valence-corrected chi connectivity index (χ0v) is 12.8. The summed E-state index contributed by atoms with van der Waals surface area (Å²) in [4.78, 5) is 14.3. The summed E-state index contributed by atoms with van der Waals surface area (Å²) in [6, 6.07) is 8.16. The maximum absolute atomic E-state index is 12.6. The monoisotopic (exact) mass is 286 g/mol. The molecule has 0 aliphatic carbocycles. The average Bonchev–Trinajstić information content (AvgIpc) is 2.85. The molecule has 2 rings (SSSR count). The van der Waals surface area contributed by atoms with Gasteiger partial charge in [-0.05, 0) is 26.3 Å². The third-order valence-corrected chi connectivity index (χ3v) is 3.44. The van der Waals surface area contributed by atoms with E-state index < -0.39 is 0 Å². The fraction of sp³-hybridized carbons (Fsp3) is 0.375. The standard InChI is InChI=1S/C16H22N4O/c1-4-19(10-13-8-6-7-12(3)9-13)16(21)15-14(17)11-20(5-2)18-15/h6-9,11H,4-5,10,17H2,1-3H3. The number of rotatable bonds is 5. The summed E-state index contributed by atoms with van der Waals surface area (Å²) in [5, 5.41) is 4.26. The van der Waals surface area contributed by atoms with Gasteiger partial charge in [0.15, 0.2) is 5.69 Å². The van der Waals surface area contributed by atoms with E-state index in [1.54, 1.807) is 15.8 Å². The number of benzene rings is 1. The zero-order valence-electron chi connectivity index (χ0n) is 12.8. The van der Waals surface area contributed by atoms with Crippen molar-refractivity contribution < 1.29 is 4.79 Å². The van der Waals surface area contributed by atoms with Crippen molar-refractivity contribution >= 4 is 11.6 Å². The van der Waals surface area contributed by atoms with Crippen LogP contribution in [-0.4, -0.2) is 27.1 Å². The van der Waals surface area contributed by atoms with E-state index in [0.29, 0.717) is 31.0 Å². The molecular weight excluding hydrogens is 264 g/mol. The number of nitrogens with zero attached hydrogens (tertiary/aromatic N) is 3. The Morgan fingerprint density at radius 3 is 2.71 bits per heavy atom. The smallest absolute Gasteiger partial charge is 0.276 e. The number of carbonyl (C=O) groups excluding carboxylic acids is 1. The van der Waals surface area contributed by atoms with Crippen LogP contribution in [0.25, 0.3) is 0 Å². The first-order valence-corrected chi connectivity index (χ1v) is 7.22. The van der Waals surface area contributed by atoms with Crippen molar-refractivity contribution in [3.63, 3.8) is 0 Å². The molecule has 2 aromatic rings. The molecule has 1 amide bonds. The number of amides is 1. The molecule has 0 bridgehead atoms. The molecule has 0 fully saturated rings. The van der Waals surface area contributed by atoms with Crippen LogP contribution >= 0.6 is 0 Å². The van der Waals surface area contributed by atoms with Crippen LogP contribution in [0.1, 0.15) is 35.5 Å². The van der Waals surface area contributed by atoms with Gasteiger partial charge in [0.1, 0.15) is 0 Å². The third kappa shape index (κ3) is 3.42. The molecule has 112 valence electrons.